The molecule has 1 aromatic carbocycles. The number of halogens is 1. The number of carboxylic acids is 1. The monoisotopic (exact) mass is 372 g/mol. The molecule has 4 rings (SSSR count). The van der Waals surface area contributed by atoms with E-state index in [1.54, 1.807) is 4.68 Å². The number of hydrogen-bond donors (Lipinski definition) is 2. The van der Waals surface area contributed by atoms with Gasteiger partial charge in [-0.15, -0.1) is 5.10 Å². The van der Waals surface area contributed by atoms with Gasteiger partial charge < -0.3 is 10.4 Å². The average Bonchev–Trinajstić information content (AvgIpc) is 3.08. The number of carboxylic acid groups (broad SMARTS) is 1. The summed E-state index contributed by atoms with van der Waals surface area (Å²) in [6.45, 7) is 0. The molecule has 2 aromatic heterocycles. The Morgan fingerprint density at radius 1 is 1.23 bits per heavy atom. The molecule has 8 nitrogen and oxygen atoms in total. The second kappa shape index (κ2) is 6.87. The zero-order valence-corrected chi connectivity index (χ0v) is 14.6. The van der Waals surface area contributed by atoms with Crippen LogP contribution in [0.25, 0.3) is 16.9 Å². The predicted molar refractivity (Wildman–Crippen MR) is 96.5 cm³/mol. The maximum absolute atomic E-state index is 11.1. The van der Waals surface area contributed by atoms with Crippen molar-refractivity contribution in [2.45, 2.75) is 31.7 Å². The molecule has 1 aliphatic carbocycles. The normalized spacial score (nSPS) is 20.2. The van der Waals surface area contributed by atoms with E-state index in [0.29, 0.717) is 29.6 Å². The van der Waals surface area contributed by atoms with E-state index in [0.717, 1.165) is 23.9 Å². The Hall–Kier alpha value is -2.74. The van der Waals surface area contributed by atoms with Gasteiger partial charge in [-0.25, -0.2) is 4.98 Å². The lowest BCUT2D eigenvalue weighted by molar-refractivity contribution is -0.142. The summed E-state index contributed by atoms with van der Waals surface area (Å²) in [5.74, 6) is -0.0670. The minimum absolute atomic E-state index is 0.145. The van der Waals surface area contributed by atoms with E-state index >= 15 is 0 Å². The smallest absolute Gasteiger partial charge is 0.306 e. The Kier molecular flexibility index (Phi) is 4.42. The zero-order chi connectivity index (χ0) is 18.1. The third kappa shape index (κ3) is 3.20. The van der Waals surface area contributed by atoms with Gasteiger partial charge in [-0.1, -0.05) is 28.9 Å². The number of anilines is 1. The fourth-order valence-corrected chi connectivity index (χ4v) is 3.44. The summed E-state index contributed by atoms with van der Waals surface area (Å²) in [5, 5.41) is 21.0. The molecule has 2 N–H and O–H groups in total. The van der Waals surface area contributed by atoms with E-state index in [-0.39, 0.29) is 12.0 Å². The standard InChI is InChI=1S/C17H17ClN6O2/c18-12-9-19-17(20-11-7-5-10(6-8-11)16(25)26)21-15(12)24-14-4-2-1-3-13(14)22-23-24/h1-4,9-11H,5-8H2,(H,25,26)(H,19,20,21). The highest BCUT2D eigenvalue weighted by Gasteiger charge is 2.26. The maximum atomic E-state index is 11.1. The Bertz CT molecular complexity index is 951. The van der Waals surface area contributed by atoms with Crippen LogP contribution in [-0.4, -0.2) is 42.1 Å². The predicted octanol–water partition coefficient (Wildman–Crippen LogP) is 2.92. The molecule has 0 amide bonds. The van der Waals surface area contributed by atoms with Crippen LogP contribution in [0.2, 0.25) is 5.02 Å². The van der Waals surface area contributed by atoms with Gasteiger partial charge in [0, 0.05) is 6.04 Å². The van der Waals surface area contributed by atoms with Gasteiger partial charge in [0.2, 0.25) is 5.95 Å². The van der Waals surface area contributed by atoms with Crippen LogP contribution in [-0.2, 0) is 4.79 Å². The van der Waals surface area contributed by atoms with Gasteiger partial charge in [0.25, 0.3) is 0 Å². The SMILES string of the molecule is O=C(O)C1CCC(Nc2ncc(Cl)c(-n3nnc4ccccc43)n2)CC1. The molecule has 1 fully saturated rings. The van der Waals surface area contributed by atoms with Gasteiger partial charge in [0.05, 0.1) is 17.6 Å². The van der Waals surface area contributed by atoms with Crippen molar-refractivity contribution < 1.29 is 9.90 Å². The molecule has 134 valence electrons. The van der Waals surface area contributed by atoms with Crippen molar-refractivity contribution in [3.63, 3.8) is 0 Å². The van der Waals surface area contributed by atoms with E-state index in [1.165, 1.54) is 6.20 Å². The van der Waals surface area contributed by atoms with Crippen molar-refractivity contribution in [1.82, 2.24) is 25.0 Å². The van der Waals surface area contributed by atoms with Crippen LogP contribution < -0.4 is 5.32 Å². The molecule has 3 aromatic rings. The van der Waals surface area contributed by atoms with E-state index in [4.69, 9.17) is 16.7 Å². The van der Waals surface area contributed by atoms with E-state index < -0.39 is 5.97 Å². The topological polar surface area (TPSA) is 106 Å². The summed E-state index contributed by atoms with van der Waals surface area (Å²) < 4.78 is 1.59. The number of fused-ring (bicyclic) bond motifs is 1. The highest BCUT2D eigenvalue weighted by molar-refractivity contribution is 6.32. The molecule has 26 heavy (non-hydrogen) atoms. The van der Waals surface area contributed by atoms with E-state index in [1.807, 2.05) is 24.3 Å². The molecule has 0 aliphatic heterocycles. The first kappa shape index (κ1) is 16.7. The third-order valence-corrected chi connectivity index (χ3v) is 4.95. The molecule has 0 radical (unpaired) electrons. The van der Waals surface area contributed by atoms with Crippen LogP contribution >= 0.6 is 11.6 Å². The van der Waals surface area contributed by atoms with Crippen molar-refractivity contribution >= 4 is 34.6 Å². The van der Waals surface area contributed by atoms with Crippen molar-refractivity contribution in [3.05, 3.63) is 35.5 Å². The lowest BCUT2D eigenvalue weighted by Crippen LogP contribution is -2.30. The number of nitrogens with one attached hydrogen (secondary N) is 1. The first-order valence-corrected chi connectivity index (χ1v) is 8.82. The van der Waals surface area contributed by atoms with Gasteiger partial charge in [0.15, 0.2) is 5.82 Å². The number of benzene rings is 1. The summed E-state index contributed by atoms with van der Waals surface area (Å²) >= 11 is 6.28. The maximum Gasteiger partial charge on any atom is 0.306 e. The second-order valence-electron chi connectivity index (χ2n) is 6.39. The summed E-state index contributed by atoms with van der Waals surface area (Å²) in [4.78, 5) is 19.8. The number of aliphatic carboxylic acids is 1. The van der Waals surface area contributed by atoms with Crippen molar-refractivity contribution in [2.24, 2.45) is 5.92 Å². The Labute approximate surface area is 154 Å². The number of hydrogen-bond acceptors (Lipinski definition) is 6. The highest BCUT2D eigenvalue weighted by atomic mass is 35.5. The van der Waals surface area contributed by atoms with Crippen LogP contribution in [0.1, 0.15) is 25.7 Å². The molecular formula is C17H17ClN6O2. The molecule has 0 saturated heterocycles. The molecule has 1 saturated carbocycles. The second-order valence-corrected chi connectivity index (χ2v) is 6.79. The van der Waals surface area contributed by atoms with Crippen molar-refractivity contribution in [3.8, 4) is 5.82 Å². The fraction of sp³-hybridized carbons (Fsp3) is 0.353. The fourth-order valence-electron chi connectivity index (χ4n) is 3.27. The molecule has 0 atom stereocenters. The number of nitrogens with zero attached hydrogens (tertiary/aromatic N) is 5. The molecule has 9 heteroatoms. The quantitative estimate of drug-likeness (QED) is 0.725. The van der Waals surface area contributed by atoms with Gasteiger partial charge in [0.1, 0.15) is 10.5 Å². The zero-order valence-electron chi connectivity index (χ0n) is 13.8. The largest absolute Gasteiger partial charge is 0.481 e. The Morgan fingerprint density at radius 3 is 2.77 bits per heavy atom. The van der Waals surface area contributed by atoms with Crippen molar-refractivity contribution in [1.29, 1.82) is 0 Å². The summed E-state index contributed by atoms with van der Waals surface area (Å²) in [5.41, 5.74) is 1.56. The van der Waals surface area contributed by atoms with Crippen molar-refractivity contribution in [2.75, 3.05) is 5.32 Å². The van der Waals surface area contributed by atoms with E-state index in [2.05, 4.69) is 25.6 Å². The summed E-state index contributed by atoms with van der Waals surface area (Å²) in [6, 6.07) is 7.70. The number of rotatable bonds is 4. The van der Waals surface area contributed by atoms with Crippen LogP contribution in [0.4, 0.5) is 5.95 Å². The average molecular weight is 373 g/mol. The molecule has 0 spiro atoms. The van der Waals surface area contributed by atoms with Gasteiger partial charge in [-0.3, -0.25) is 4.79 Å². The highest BCUT2D eigenvalue weighted by Crippen LogP contribution is 2.27. The molecule has 1 aliphatic rings. The number of carbonyl (C=O) groups is 1. The first-order valence-electron chi connectivity index (χ1n) is 8.44. The minimum Gasteiger partial charge on any atom is -0.481 e. The Balaban J connectivity index is 1.56. The van der Waals surface area contributed by atoms with Crippen LogP contribution in [0, 0.1) is 5.92 Å². The van der Waals surface area contributed by atoms with Crippen LogP contribution in [0.3, 0.4) is 0 Å². The van der Waals surface area contributed by atoms with Gasteiger partial charge in [-0.2, -0.15) is 9.67 Å². The number of para-hydroxylation sites is 1. The van der Waals surface area contributed by atoms with Gasteiger partial charge in [-0.05, 0) is 37.8 Å². The van der Waals surface area contributed by atoms with Crippen LogP contribution in [0.5, 0.6) is 0 Å². The molecule has 0 unspecified atom stereocenters. The molecule has 2 heterocycles. The van der Waals surface area contributed by atoms with E-state index in [9.17, 15) is 4.79 Å². The lowest BCUT2D eigenvalue weighted by atomic mass is 9.86. The van der Waals surface area contributed by atoms with Gasteiger partial charge >= 0.3 is 5.97 Å². The van der Waals surface area contributed by atoms with Crippen LogP contribution in [0.15, 0.2) is 30.5 Å². The Morgan fingerprint density at radius 2 is 2.00 bits per heavy atom. The summed E-state index contributed by atoms with van der Waals surface area (Å²) in [7, 11) is 0. The number of aromatic nitrogens is 5. The lowest BCUT2D eigenvalue weighted by Gasteiger charge is -2.26. The minimum atomic E-state index is -0.716. The molecule has 0 bridgehead atoms. The molecular weight excluding hydrogens is 356 g/mol. The first-order chi connectivity index (χ1) is 12.6. The third-order valence-electron chi connectivity index (χ3n) is 4.69. The summed E-state index contributed by atoms with van der Waals surface area (Å²) in [6.07, 6.45) is 4.38.